The molecule has 0 unspecified atom stereocenters. The number of halogens is 1. The van der Waals surface area contributed by atoms with E-state index in [1.165, 1.54) is 6.20 Å². The van der Waals surface area contributed by atoms with Gasteiger partial charge in [0, 0.05) is 9.26 Å². The van der Waals surface area contributed by atoms with E-state index in [0.717, 1.165) is 9.86 Å². The third kappa shape index (κ3) is 1.40. The molecule has 0 N–H and O–H groups in total. The van der Waals surface area contributed by atoms with E-state index in [2.05, 4.69) is 21.0 Å². The van der Waals surface area contributed by atoms with E-state index in [-0.39, 0.29) is 0 Å². The highest BCUT2D eigenvalue weighted by Crippen LogP contribution is 2.17. The molecular weight excluding hydrogens is 238 g/mol. The first kappa shape index (κ1) is 8.18. The van der Waals surface area contributed by atoms with E-state index in [9.17, 15) is 10.1 Å². The monoisotopic (exact) mass is 241 g/mol. The number of nitro groups is 1. The lowest BCUT2D eigenvalue weighted by atomic mass is 10.3. The van der Waals surface area contributed by atoms with Crippen LogP contribution in [0.5, 0.6) is 0 Å². The molecule has 1 heterocycles. The minimum atomic E-state index is -0.575. The third-order valence-electron chi connectivity index (χ3n) is 1.62. The Morgan fingerprint density at radius 3 is 3.00 bits per heavy atom. The fourth-order valence-corrected chi connectivity index (χ4v) is 1.45. The number of nitrogens with zero attached hydrogens (tertiary/aromatic N) is 3. The minimum Gasteiger partial charge on any atom is -0.339 e. The van der Waals surface area contributed by atoms with Crippen LogP contribution in [-0.4, -0.2) is 14.9 Å². The summed E-state index contributed by atoms with van der Waals surface area (Å²) in [6.45, 7) is 0. The number of fused-ring (bicyclic) bond motifs is 1. The first-order chi connectivity index (χ1) is 6.16. The number of hydrogen-bond donors (Lipinski definition) is 0. The van der Waals surface area contributed by atoms with E-state index in [4.69, 9.17) is 0 Å². The van der Waals surface area contributed by atoms with Crippen LogP contribution >= 0.6 is 15.9 Å². The molecule has 0 aliphatic carbocycles. The van der Waals surface area contributed by atoms with Crippen LogP contribution in [0.1, 0.15) is 0 Å². The van der Waals surface area contributed by atoms with Gasteiger partial charge in [0.2, 0.25) is 5.52 Å². The molecule has 0 fully saturated rings. The Hall–Kier alpha value is -1.43. The van der Waals surface area contributed by atoms with Crippen molar-refractivity contribution in [1.29, 1.82) is 0 Å². The van der Waals surface area contributed by atoms with Gasteiger partial charge in [0.15, 0.2) is 0 Å². The lowest BCUT2D eigenvalue weighted by Gasteiger charge is -1.86. The average Bonchev–Trinajstić information content (AvgIpc) is 2.46. The standard InChI is InChI=1S/C7H4BrN3O2/c8-6-1-2-7-5(3-6)4-10(9-7)11(12)13/h1-4H. The second-order valence-corrected chi connectivity index (χ2v) is 3.41. The molecular formula is C7H4BrN3O2. The molecule has 0 atom stereocenters. The van der Waals surface area contributed by atoms with Crippen LogP contribution in [0.3, 0.4) is 0 Å². The molecule has 0 aliphatic heterocycles. The zero-order valence-electron chi connectivity index (χ0n) is 6.35. The van der Waals surface area contributed by atoms with Crippen LogP contribution in [0.25, 0.3) is 10.9 Å². The predicted octanol–water partition coefficient (Wildman–Crippen LogP) is 1.84. The van der Waals surface area contributed by atoms with E-state index in [1.807, 2.05) is 0 Å². The molecule has 0 spiro atoms. The molecule has 6 heteroatoms. The van der Waals surface area contributed by atoms with Gasteiger partial charge in [0.25, 0.3) is 0 Å². The van der Waals surface area contributed by atoms with E-state index in [1.54, 1.807) is 18.2 Å². The Morgan fingerprint density at radius 1 is 1.54 bits per heavy atom. The molecule has 5 nitrogen and oxygen atoms in total. The van der Waals surface area contributed by atoms with Crippen LogP contribution in [-0.2, 0) is 0 Å². The van der Waals surface area contributed by atoms with Crippen molar-refractivity contribution in [3.8, 4) is 0 Å². The maximum Gasteiger partial charge on any atom is 0.210 e. The van der Waals surface area contributed by atoms with Crippen LogP contribution in [0.15, 0.2) is 28.9 Å². The van der Waals surface area contributed by atoms with Crippen molar-refractivity contribution in [2.24, 2.45) is 0 Å². The van der Waals surface area contributed by atoms with Gasteiger partial charge in [-0.1, -0.05) is 15.9 Å². The summed E-state index contributed by atoms with van der Waals surface area (Å²) in [4.78, 5) is 11.1. The highest BCUT2D eigenvalue weighted by Gasteiger charge is 2.09. The Labute approximate surface area is 81.2 Å². The van der Waals surface area contributed by atoms with Crippen LogP contribution in [0.2, 0.25) is 0 Å². The highest BCUT2D eigenvalue weighted by molar-refractivity contribution is 9.10. The Kier molecular flexibility index (Phi) is 1.77. The first-order valence-electron chi connectivity index (χ1n) is 3.46. The van der Waals surface area contributed by atoms with Crippen molar-refractivity contribution in [3.05, 3.63) is 39.0 Å². The zero-order chi connectivity index (χ0) is 9.42. The van der Waals surface area contributed by atoms with Gasteiger partial charge in [-0.15, -0.1) is 0 Å². The second kappa shape index (κ2) is 2.81. The van der Waals surface area contributed by atoms with E-state index >= 15 is 0 Å². The molecule has 1 aromatic heterocycles. The predicted molar refractivity (Wildman–Crippen MR) is 49.8 cm³/mol. The van der Waals surface area contributed by atoms with Gasteiger partial charge in [-0.25, -0.2) is 0 Å². The molecule has 66 valence electrons. The SMILES string of the molecule is O=[N+]([O-])n1cc2cc(Br)ccc2n1. The fraction of sp³-hybridized carbons (Fsp3) is 0. The van der Waals surface area contributed by atoms with E-state index in [0.29, 0.717) is 10.3 Å². The number of aromatic nitrogens is 2. The second-order valence-electron chi connectivity index (χ2n) is 2.49. The largest absolute Gasteiger partial charge is 0.339 e. The molecule has 0 amide bonds. The third-order valence-corrected chi connectivity index (χ3v) is 2.11. The molecule has 0 saturated heterocycles. The average molecular weight is 242 g/mol. The molecule has 2 rings (SSSR count). The van der Waals surface area contributed by atoms with Gasteiger partial charge in [0.1, 0.15) is 6.20 Å². The van der Waals surface area contributed by atoms with Crippen LogP contribution < -0.4 is 0 Å². The maximum absolute atomic E-state index is 10.3. The van der Waals surface area contributed by atoms with Crippen LogP contribution in [0, 0.1) is 10.1 Å². The molecule has 0 aliphatic rings. The lowest BCUT2D eigenvalue weighted by Crippen LogP contribution is -2.07. The topological polar surface area (TPSA) is 61.0 Å². The van der Waals surface area contributed by atoms with Crippen molar-refractivity contribution in [3.63, 3.8) is 0 Å². The van der Waals surface area contributed by atoms with Crippen molar-refractivity contribution in [1.82, 2.24) is 9.89 Å². The highest BCUT2D eigenvalue weighted by atomic mass is 79.9. The van der Waals surface area contributed by atoms with Crippen molar-refractivity contribution in [2.45, 2.75) is 0 Å². The lowest BCUT2D eigenvalue weighted by molar-refractivity contribution is -0.552. The molecule has 2 aromatic rings. The van der Waals surface area contributed by atoms with E-state index < -0.39 is 5.03 Å². The summed E-state index contributed by atoms with van der Waals surface area (Å²) in [6.07, 6.45) is 1.38. The van der Waals surface area contributed by atoms with Crippen LogP contribution in [0.4, 0.5) is 0 Å². The summed E-state index contributed by atoms with van der Waals surface area (Å²) in [6, 6.07) is 5.29. The minimum absolute atomic E-state index is 0.575. The number of rotatable bonds is 1. The molecule has 0 bridgehead atoms. The number of hydrogen-bond acceptors (Lipinski definition) is 3. The van der Waals surface area contributed by atoms with Gasteiger partial charge >= 0.3 is 0 Å². The Balaban J connectivity index is 2.68. The van der Waals surface area contributed by atoms with Gasteiger partial charge < -0.3 is 10.1 Å². The van der Waals surface area contributed by atoms with Crippen molar-refractivity contribution < 1.29 is 5.03 Å². The zero-order valence-corrected chi connectivity index (χ0v) is 7.93. The molecule has 1 aromatic carbocycles. The maximum atomic E-state index is 10.3. The quantitative estimate of drug-likeness (QED) is 0.566. The summed E-state index contributed by atoms with van der Waals surface area (Å²) in [5.41, 5.74) is 0.611. The van der Waals surface area contributed by atoms with Gasteiger partial charge in [-0.3, -0.25) is 0 Å². The summed E-state index contributed by atoms with van der Waals surface area (Å²) in [5.74, 6) is 0. The fourth-order valence-electron chi connectivity index (χ4n) is 1.07. The Morgan fingerprint density at radius 2 is 2.31 bits per heavy atom. The first-order valence-corrected chi connectivity index (χ1v) is 4.26. The Bertz CT molecular complexity index is 480. The van der Waals surface area contributed by atoms with Crippen molar-refractivity contribution in [2.75, 3.05) is 0 Å². The number of benzene rings is 1. The summed E-state index contributed by atoms with van der Waals surface area (Å²) >= 11 is 3.27. The van der Waals surface area contributed by atoms with Crippen molar-refractivity contribution >= 4 is 26.8 Å². The molecule has 0 saturated carbocycles. The van der Waals surface area contributed by atoms with Gasteiger partial charge in [-0.05, 0) is 18.2 Å². The normalized spacial score (nSPS) is 10.5. The summed E-state index contributed by atoms with van der Waals surface area (Å²) in [7, 11) is 0. The van der Waals surface area contributed by atoms with Gasteiger partial charge in [0.05, 0.1) is 15.5 Å². The smallest absolute Gasteiger partial charge is 0.210 e. The van der Waals surface area contributed by atoms with Gasteiger partial charge in [-0.2, -0.15) is 0 Å². The molecule has 0 radical (unpaired) electrons. The molecule has 13 heavy (non-hydrogen) atoms. The summed E-state index contributed by atoms with van der Waals surface area (Å²) < 4.78 is 0.878. The summed E-state index contributed by atoms with van der Waals surface area (Å²) in [5, 5.41) is 14.3.